The van der Waals surface area contributed by atoms with Crippen LogP contribution in [0.5, 0.6) is 0 Å². The van der Waals surface area contributed by atoms with Gasteiger partial charge in [0.25, 0.3) is 0 Å². The number of hydrogen-bond acceptors (Lipinski definition) is 3. The topological polar surface area (TPSA) is 70.4 Å². The summed E-state index contributed by atoms with van der Waals surface area (Å²) in [7, 11) is 0. The number of likely N-dealkylation sites (tertiary alicyclic amines) is 1. The molecule has 2 N–H and O–H groups in total. The minimum atomic E-state index is -0.421. The number of β-amino-alcohol motifs (C(OH)–C–C–N with tert-alkyl or cyclic N) is 1. The molecule has 2 heterocycles. The third kappa shape index (κ3) is 3.21. The third-order valence-corrected chi connectivity index (χ3v) is 4.52. The lowest BCUT2D eigenvalue weighted by molar-refractivity contribution is 0.0883. The number of rotatable bonds is 2. The first-order chi connectivity index (χ1) is 12.2. The van der Waals surface area contributed by atoms with Crippen LogP contribution in [0.2, 0.25) is 0 Å². The van der Waals surface area contributed by atoms with Gasteiger partial charge in [-0.15, -0.1) is 0 Å². The molecular weight excluding hydrogens is 316 g/mol. The number of aliphatic hydroxyl groups is 1. The fraction of sp³-hybridized carbons (Fsp3) is 0.263. The molecule has 1 unspecified atom stereocenters. The van der Waals surface area contributed by atoms with Crippen molar-refractivity contribution in [1.29, 1.82) is 0 Å². The number of urea groups is 1. The Morgan fingerprint density at radius 3 is 2.76 bits per heavy atom. The average molecular weight is 336 g/mol. The summed E-state index contributed by atoms with van der Waals surface area (Å²) in [5.74, 6) is 0. The maximum absolute atomic E-state index is 12.3. The minimum absolute atomic E-state index is 0.170. The van der Waals surface area contributed by atoms with Crippen molar-refractivity contribution < 1.29 is 9.90 Å². The summed E-state index contributed by atoms with van der Waals surface area (Å²) in [4.78, 5) is 13.9. The van der Waals surface area contributed by atoms with Crippen molar-refractivity contribution in [3.05, 3.63) is 54.7 Å². The van der Waals surface area contributed by atoms with Gasteiger partial charge in [-0.1, -0.05) is 18.2 Å². The number of anilines is 1. The van der Waals surface area contributed by atoms with Gasteiger partial charge in [0, 0.05) is 24.2 Å². The molecule has 1 fully saturated rings. The van der Waals surface area contributed by atoms with E-state index in [1.165, 1.54) is 0 Å². The van der Waals surface area contributed by atoms with Crippen molar-refractivity contribution in [1.82, 2.24) is 14.7 Å². The quantitative estimate of drug-likeness (QED) is 0.756. The monoisotopic (exact) mass is 336 g/mol. The summed E-state index contributed by atoms with van der Waals surface area (Å²) in [5.41, 5.74) is 2.71. The van der Waals surface area contributed by atoms with E-state index < -0.39 is 6.10 Å². The number of fused-ring (bicyclic) bond motifs is 1. The van der Waals surface area contributed by atoms with E-state index in [1.54, 1.807) is 4.90 Å². The van der Waals surface area contributed by atoms with Gasteiger partial charge in [0.1, 0.15) is 0 Å². The number of hydrogen-bond donors (Lipinski definition) is 2. The van der Waals surface area contributed by atoms with Crippen LogP contribution in [0.25, 0.3) is 16.6 Å². The van der Waals surface area contributed by atoms with E-state index >= 15 is 0 Å². The van der Waals surface area contributed by atoms with Crippen molar-refractivity contribution in [3.8, 4) is 5.69 Å². The highest BCUT2D eigenvalue weighted by Gasteiger charge is 2.21. The molecule has 4 rings (SSSR count). The van der Waals surface area contributed by atoms with E-state index in [-0.39, 0.29) is 6.03 Å². The van der Waals surface area contributed by atoms with Crippen LogP contribution >= 0.6 is 0 Å². The molecule has 3 aromatic rings. The van der Waals surface area contributed by atoms with Gasteiger partial charge in [-0.25, -0.2) is 9.48 Å². The minimum Gasteiger partial charge on any atom is -0.391 e. The maximum Gasteiger partial charge on any atom is 0.321 e. The van der Waals surface area contributed by atoms with Gasteiger partial charge >= 0.3 is 6.03 Å². The molecule has 2 aromatic carbocycles. The van der Waals surface area contributed by atoms with Crippen LogP contribution in [0, 0.1) is 0 Å². The largest absolute Gasteiger partial charge is 0.391 e. The van der Waals surface area contributed by atoms with Crippen LogP contribution in [0.15, 0.2) is 54.7 Å². The zero-order chi connectivity index (χ0) is 17.2. The summed E-state index contributed by atoms with van der Waals surface area (Å²) in [6.07, 6.45) is 3.01. The Bertz CT molecular complexity index is 888. The molecule has 0 aliphatic carbocycles. The van der Waals surface area contributed by atoms with E-state index in [2.05, 4.69) is 10.4 Å². The second-order valence-corrected chi connectivity index (χ2v) is 6.33. The van der Waals surface area contributed by atoms with Gasteiger partial charge < -0.3 is 15.3 Å². The first-order valence-corrected chi connectivity index (χ1v) is 8.48. The van der Waals surface area contributed by atoms with Crippen molar-refractivity contribution in [3.63, 3.8) is 0 Å². The van der Waals surface area contributed by atoms with Gasteiger partial charge in [0.15, 0.2) is 0 Å². The summed E-state index contributed by atoms with van der Waals surface area (Å²) < 4.78 is 1.88. The molecular formula is C19H20N4O2. The number of aromatic nitrogens is 2. The second-order valence-electron chi connectivity index (χ2n) is 6.33. The molecule has 1 atom stereocenters. The van der Waals surface area contributed by atoms with Crippen LogP contribution < -0.4 is 5.32 Å². The highest BCUT2D eigenvalue weighted by molar-refractivity contribution is 5.89. The molecule has 2 amide bonds. The van der Waals surface area contributed by atoms with E-state index in [0.29, 0.717) is 13.1 Å². The van der Waals surface area contributed by atoms with Crippen LogP contribution in [0.1, 0.15) is 12.8 Å². The predicted octanol–water partition coefficient (Wildman–Crippen LogP) is 3.01. The van der Waals surface area contributed by atoms with E-state index in [1.807, 2.05) is 59.4 Å². The van der Waals surface area contributed by atoms with E-state index in [0.717, 1.165) is 35.1 Å². The third-order valence-electron chi connectivity index (χ3n) is 4.52. The van der Waals surface area contributed by atoms with Crippen LogP contribution in [-0.4, -0.2) is 45.0 Å². The Labute approximate surface area is 145 Å². The molecule has 25 heavy (non-hydrogen) atoms. The normalized spacial score (nSPS) is 17.6. The number of amides is 2. The van der Waals surface area contributed by atoms with Crippen molar-refractivity contribution in [2.45, 2.75) is 18.9 Å². The number of benzene rings is 2. The molecule has 6 heteroatoms. The lowest BCUT2D eigenvalue weighted by Crippen LogP contribution is -2.44. The fourth-order valence-corrected chi connectivity index (χ4v) is 3.21. The first-order valence-electron chi connectivity index (χ1n) is 8.48. The fourth-order valence-electron chi connectivity index (χ4n) is 3.21. The molecule has 1 saturated heterocycles. The molecule has 0 radical (unpaired) electrons. The molecule has 1 aromatic heterocycles. The predicted molar refractivity (Wildman–Crippen MR) is 96.9 cm³/mol. The number of nitrogens with zero attached hydrogens (tertiary/aromatic N) is 3. The molecule has 0 saturated carbocycles. The zero-order valence-electron chi connectivity index (χ0n) is 13.8. The number of piperidine rings is 1. The first kappa shape index (κ1) is 15.7. The summed E-state index contributed by atoms with van der Waals surface area (Å²) in [6, 6.07) is 15.5. The Morgan fingerprint density at radius 2 is 1.96 bits per heavy atom. The number of carbonyl (C=O) groups is 1. The lowest BCUT2D eigenvalue weighted by Gasteiger charge is -2.30. The molecule has 6 nitrogen and oxygen atoms in total. The van der Waals surface area contributed by atoms with E-state index in [9.17, 15) is 9.90 Å². The maximum atomic E-state index is 12.3. The van der Waals surface area contributed by atoms with Crippen LogP contribution in [0.3, 0.4) is 0 Å². The van der Waals surface area contributed by atoms with Gasteiger partial charge in [-0.05, 0) is 43.2 Å². The Morgan fingerprint density at radius 1 is 1.16 bits per heavy atom. The highest BCUT2D eigenvalue weighted by atomic mass is 16.3. The van der Waals surface area contributed by atoms with Gasteiger partial charge in [0.05, 0.1) is 23.5 Å². The smallest absolute Gasteiger partial charge is 0.321 e. The van der Waals surface area contributed by atoms with Crippen molar-refractivity contribution >= 4 is 22.6 Å². The Kier molecular flexibility index (Phi) is 4.11. The summed E-state index contributed by atoms with van der Waals surface area (Å²) in [5, 5.41) is 18.1. The van der Waals surface area contributed by atoms with Gasteiger partial charge in [-0.2, -0.15) is 5.10 Å². The number of para-hydroxylation sites is 1. The molecule has 0 spiro atoms. The summed E-state index contributed by atoms with van der Waals surface area (Å²) in [6.45, 7) is 1.07. The Balaban J connectivity index is 1.49. The standard InChI is InChI=1S/C19H20N4O2/c24-17-5-3-11-22(13-17)19(25)21-15-7-9-16(10-8-15)23-18-6-2-1-4-14(18)12-20-23/h1-2,4,6-10,12,17,24H,3,5,11,13H2,(H,21,25). The van der Waals surface area contributed by atoms with Crippen LogP contribution in [0.4, 0.5) is 10.5 Å². The van der Waals surface area contributed by atoms with E-state index in [4.69, 9.17) is 0 Å². The number of nitrogens with one attached hydrogen (secondary N) is 1. The van der Waals surface area contributed by atoms with Crippen molar-refractivity contribution in [2.24, 2.45) is 0 Å². The summed E-state index contributed by atoms with van der Waals surface area (Å²) >= 11 is 0. The van der Waals surface area contributed by atoms with Gasteiger partial charge in [-0.3, -0.25) is 0 Å². The molecule has 0 bridgehead atoms. The number of carbonyl (C=O) groups excluding carboxylic acids is 1. The average Bonchev–Trinajstić information content (AvgIpc) is 3.06. The second kappa shape index (κ2) is 6.57. The highest BCUT2D eigenvalue weighted by Crippen LogP contribution is 2.20. The molecule has 1 aliphatic heterocycles. The number of aliphatic hydroxyl groups excluding tert-OH is 1. The molecule has 1 aliphatic rings. The molecule has 128 valence electrons. The zero-order valence-corrected chi connectivity index (χ0v) is 13.8. The Hall–Kier alpha value is -2.86. The van der Waals surface area contributed by atoms with Crippen LogP contribution in [-0.2, 0) is 0 Å². The lowest BCUT2D eigenvalue weighted by atomic mass is 10.1. The van der Waals surface area contributed by atoms with Crippen molar-refractivity contribution in [2.75, 3.05) is 18.4 Å². The van der Waals surface area contributed by atoms with Gasteiger partial charge in [0.2, 0.25) is 0 Å². The SMILES string of the molecule is O=C(Nc1ccc(-n2ncc3ccccc32)cc1)N1CCCC(O)C1.